The fourth-order valence-corrected chi connectivity index (χ4v) is 10.2. The van der Waals surface area contributed by atoms with Crippen molar-refractivity contribution in [1.82, 2.24) is 9.88 Å². The lowest BCUT2D eigenvalue weighted by Crippen LogP contribution is -2.53. The van der Waals surface area contributed by atoms with Crippen molar-refractivity contribution in [1.29, 1.82) is 0 Å². The zero-order valence-corrected chi connectivity index (χ0v) is 32.0. The van der Waals surface area contributed by atoms with Crippen molar-refractivity contribution in [2.24, 2.45) is 17.8 Å². The molecule has 0 amide bonds. The van der Waals surface area contributed by atoms with Gasteiger partial charge in [-0.1, -0.05) is 31.5 Å². The number of carboxylic acids is 1. The lowest BCUT2D eigenvalue weighted by atomic mass is 9.59. The van der Waals surface area contributed by atoms with E-state index in [0.29, 0.717) is 55.4 Å². The first kappa shape index (κ1) is 36.4. The summed E-state index contributed by atoms with van der Waals surface area (Å²) >= 11 is 6.31. The molecule has 2 aromatic carbocycles. The molecule has 9 nitrogen and oxygen atoms in total. The molecule has 2 unspecified atom stereocenters. The molecule has 0 bridgehead atoms. The Morgan fingerprint density at radius 2 is 1.87 bits per heavy atom. The monoisotopic (exact) mass is 743 g/mol. The second kappa shape index (κ2) is 15.3. The molecule has 1 saturated carbocycles. The number of nitrogens with zero attached hydrogens (tertiary/aromatic N) is 2. The van der Waals surface area contributed by atoms with Crippen LogP contribution in [0, 0.1) is 17.8 Å². The van der Waals surface area contributed by atoms with Crippen LogP contribution in [-0.4, -0.2) is 79.2 Å². The fraction of sp³-hybridized carbons (Fsp3) is 0.581. The Morgan fingerprint density at radius 3 is 2.62 bits per heavy atom. The summed E-state index contributed by atoms with van der Waals surface area (Å²) in [5.41, 5.74) is 4.57. The van der Waals surface area contributed by atoms with Gasteiger partial charge in [0.2, 0.25) is 0 Å². The van der Waals surface area contributed by atoms with E-state index in [2.05, 4.69) is 41.2 Å². The first-order valence-electron chi connectivity index (χ1n) is 19.8. The van der Waals surface area contributed by atoms with Crippen LogP contribution in [0.4, 0.5) is 5.69 Å². The number of hydrogen-bond donors (Lipinski definition) is 2. The van der Waals surface area contributed by atoms with Crippen molar-refractivity contribution < 1.29 is 28.8 Å². The third-order valence-electron chi connectivity index (χ3n) is 12.9. The van der Waals surface area contributed by atoms with Gasteiger partial charge in [-0.3, -0.25) is 9.88 Å². The lowest BCUT2D eigenvalue weighted by Gasteiger charge is -2.47. The largest absolute Gasteiger partial charge is 0.493 e. The number of aromatic nitrogens is 1. The number of hydrogen-bond acceptors (Lipinski definition) is 8. The molecule has 1 spiro atoms. The summed E-state index contributed by atoms with van der Waals surface area (Å²) < 4.78 is 25.2. The van der Waals surface area contributed by atoms with Gasteiger partial charge in [-0.05, 0) is 128 Å². The standard InChI is InChI=1S/C43H54ClN3O6/c1-28(25-51-37-9-14-45-36-8-3-5-29(2)40(36)37)19-32-20-31-21-38-39(53-27-30(26-52-38)24-47-15-17-50-18-16-47)23-35(31)42(32)10-12-43(13-11-42,41(48)49)46-34-7-4-6-33(44)22-34/h4,6-7,9,14,21-23,28-30,32,46H,3,5,8,10-13,15-20,24-27H2,1-2H3,(H,48,49)/t28-,29-,30?,32?,42?,43?/m1/s1. The molecule has 1 saturated heterocycles. The Balaban J connectivity index is 1.04. The molecule has 4 atom stereocenters. The van der Waals surface area contributed by atoms with Crippen LogP contribution in [-0.2, 0) is 27.8 Å². The van der Waals surface area contributed by atoms with E-state index in [9.17, 15) is 9.90 Å². The van der Waals surface area contributed by atoms with E-state index < -0.39 is 11.5 Å². The van der Waals surface area contributed by atoms with Crippen molar-refractivity contribution in [3.8, 4) is 17.2 Å². The Hall–Kier alpha value is -3.53. The van der Waals surface area contributed by atoms with Crippen LogP contribution in [0.3, 0.4) is 0 Å². The Kier molecular flexibility index (Phi) is 10.5. The first-order valence-corrected chi connectivity index (χ1v) is 20.2. The van der Waals surface area contributed by atoms with Crippen molar-refractivity contribution >= 4 is 23.3 Å². The second-order valence-electron chi connectivity index (χ2n) is 16.6. The van der Waals surface area contributed by atoms with E-state index in [1.54, 1.807) is 0 Å². The summed E-state index contributed by atoms with van der Waals surface area (Å²) in [5.74, 6) is 3.18. The average molecular weight is 744 g/mol. The van der Waals surface area contributed by atoms with Gasteiger partial charge in [0.25, 0.3) is 0 Å². The highest BCUT2D eigenvalue weighted by Crippen LogP contribution is 2.58. The Bertz CT molecular complexity index is 1790. The van der Waals surface area contributed by atoms with Crippen LogP contribution in [0.25, 0.3) is 0 Å². The third kappa shape index (κ3) is 7.46. The van der Waals surface area contributed by atoms with Crippen LogP contribution >= 0.6 is 11.6 Å². The quantitative estimate of drug-likeness (QED) is 0.215. The number of carbonyl (C=O) groups is 1. The van der Waals surface area contributed by atoms with Gasteiger partial charge in [0.15, 0.2) is 11.5 Å². The predicted octanol–water partition coefficient (Wildman–Crippen LogP) is 7.92. The number of ether oxygens (including phenoxy) is 4. The molecule has 2 N–H and O–H groups in total. The van der Waals surface area contributed by atoms with E-state index in [4.69, 9.17) is 30.5 Å². The summed E-state index contributed by atoms with van der Waals surface area (Å²) in [5, 5.41) is 14.7. The number of fused-ring (bicyclic) bond motifs is 4. The van der Waals surface area contributed by atoms with E-state index in [1.807, 2.05) is 36.5 Å². The predicted molar refractivity (Wildman–Crippen MR) is 206 cm³/mol. The van der Waals surface area contributed by atoms with Gasteiger partial charge >= 0.3 is 5.97 Å². The van der Waals surface area contributed by atoms with Crippen LogP contribution in [0.1, 0.15) is 87.1 Å². The third-order valence-corrected chi connectivity index (χ3v) is 13.2. The number of aliphatic carboxylic acids is 1. The number of aryl methyl sites for hydroxylation is 1. The smallest absolute Gasteiger partial charge is 0.329 e. The highest BCUT2D eigenvalue weighted by Gasteiger charge is 2.54. The van der Waals surface area contributed by atoms with E-state index >= 15 is 0 Å². The molecular formula is C43H54ClN3O6. The molecule has 10 heteroatoms. The molecule has 284 valence electrons. The summed E-state index contributed by atoms with van der Waals surface area (Å²) in [6, 6.07) is 13.9. The number of morpholine rings is 1. The van der Waals surface area contributed by atoms with Gasteiger partial charge in [0.05, 0.1) is 33.0 Å². The molecule has 5 aliphatic rings. The normalized spacial score (nSPS) is 28.8. The summed E-state index contributed by atoms with van der Waals surface area (Å²) in [6.07, 6.45) is 9.70. The van der Waals surface area contributed by atoms with Crippen LogP contribution in [0.15, 0.2) is 48.7 Å². The Labute approximate surface area is 318 Å². The van der Waals surface area contributed by atoms with Gasteiger partial charge in [0.1, 0.15) is 11.3 Å². The molecule has 3 aliphatic carbocycles. The minimum atomic E-state index is -1.08. The molecule has 3 aromatic rings. The van der Waals surface area contributed by atoms with E-state index in [0.717, 1.165) is 87.9 Å². The number of rotatable bonds is 10. The van der Waals surface area contributed by atoms with E-state index in [1.165, 1.54) is 35.2 Å². The number of nitrogens with one attached hydrogen (secondary N) is 1. The SMILES string of the molecule is C[C@@H](COc1ccnc2c1[C@H](C)CCC2)CC1Cc2cc3c(cc2C12CCC(Nc1cccc(Cl)c1)(C(=O)O)CC2)OCC(CN1CCOCC1)CO3. The fourth-order valence-electron chi connectivity index (χ4n) is 10.1. The molecule has 0 radical (unpaired) electrons. The van der Waals surface area contributed by atoms with Gasteiger partial charge in [0, 0.05) is 53.7 Å². The zero-order chi connectivity index (χ0) is 36.6. The number of anilines is 1. The van der Waals surface area contributed by atoms with E-state index in [-0.39, 0.29) is 11.3 Å². The maximum absolute atomic E-state index is 13.1. The minimum Gasteiger partial charge on any atom is -0.493 e. The van der Waals surface area contributed by atoms with Gasteiger partial charge < -0.3 is 29.4 Å². The molecule has 1 aromatic heterocycles. The van der Waals surface area contributed by atoms with Crippen molar-refractivity contribution in [3.63, 3.8) is 0 Å². The van der Waals surface area contributed by atoms with Crippen molar-refractivity contribution in [3.05, 3.63) is 76.1 Å². The summed E-state index contributed by atoms with van der Waals surface area (Å²) in [6.45, 7) is 10.8. The van der Waals surface area contributed by atoms with Gasteiger partial charge in [-0.2, -0.15) is 0 Å². The number of carboxylic acid groups (broad SMARTS) is 1. The molecule has 2 aliphatic heterocycles. The van der Waals surface area contributed by atoms with Crippen LogP contribution < -0.4 is 19.5 Å². The van der Waals surface area contributed by atoms with Gasteiger partial charge in [-0.25, -0.2) is 4.79 Å². The first-order chi connectivity index (χ1) is 25.7. The number of benzene rings is 2. The number of pyridine rings is 1. The minimum absolute atomic E-state index is 0.180. The van der Waals surface area contributed by atoms with Crippen LogP contribution in [0.2, 0.25) is 5.02 Å². The second-order valence-corrected chi connectivity index (χ2v) is 17.0. The molecule has 8 rings (SSSR count). The molecular weight excluding hydrogens is 690 g/mol. The molecule has 3 heterocycles. The molecule has 53 heavy (non-hydrogen) atoms. The lowest BCUT2D eigenvalue weighted by molar-refractivity contribution is -0.144. The van der Waals surface area contributed by atoms with Crippen molar-refractivity contribution in [2.75, 3.05) is 58.0 Å². The molecule has 2 fully saturated rings. The highest BCUT2D eigenvalue weighted by molar-refractivity contribution is 6.30. The van der Waals surface area contributed by atoms with Crippen molar-refractivity contribution in [2.45, 2.75) is 88.5 Å². The zero-order valence-electron chi connectivity index (χ0n) is 31.2. The highest BCUT2D eigenvalue weighted by atomic mass is 35.5. The maximum atomic E-state index is 13.1. The number of halogens is 1. The summed E-state index contributed by atoms with van der Waals surface area (Å²) in [4.78, 5) is 20.2. The van der Waals surface area contributed by atoms with Crippen LogP contribution in [0.5, 0.6) is 17.2 Å². The van der Waals surface area contributed by atoms with Gasteiger partial charge in [-0.15, -0.1) is 0 Å². The topological polar surface area (TPSA) is 102 Å². The average Bonchev–Trinajstić information content (AvgIpc) is 3.28. The summed E-state index contributed by atoms with van der Waals surface area (Å²) in [7, 11) is 0. The maximum Gasteiger partial charge on any atom is 0.329 e. The Morgan fingerprint density at radius 1 is 1.09 bits per heavy atom.